The highest BCUT2D eigenvalue weighted by Crippen LogP contribution is 2.38. The maximum Gasteiger partial charge on any atom is 0.410 e. The fourth-order valence-electron chi connectivity index (χ4n) is 4.38. The number of nitrogens with zero attached hydrogens (tertiary/aromatic N) is 4. The smallest absolute Gasteiger partial charge is 0.410 e. The number of halogens is 3. The molecule has 1 aromatic carbocycles. The van der Waals surface area contributed by atoms with E-state index in [2.05, 4.69) is 22.7 Å². The van der Waals surface area contributed by atoms with E-state index in [-0.39, 0.29) is 12.0 Å². The molecule has 0 aliphatic carbocycles. The number of anilines is 1. The van der Waals surface area contributed by atoms with Gasteiger partial charge in [-0.05, 0) is 71.6 Å². The van der Waals surface area contributed by atoms with Crippen LogP contribution in [-0.2, 0) is 11.2 Å². The number of nitrogens with two attached hydrogens (primary N) is 1. The number of hydrogen-bond donors (Lipinski definition) is 1. The van der Waals surface area contributed by atoms with Crippen LogP contribution in [0.15, 0.2) is 61.3 Å². The van der Waals surface area contributed by atoms with Gasteiger partial charge in [-0.3, -0.25) is 0 Å². The molecule has 0 saturated carbocycles. The number of carbonyl (C=O) groups excluding carboxylic acids is 1. The Bertz CT molecular complexity index is 1400. The van der Waals surface area contributed by atoms with Gasteiger partial charge in [0.1, 0.15) is 18.0 Å². The van der Waals surface area contributed by atoms with Crippen LogP contribution in [0.2, 0.25) is 0 Å². The van der Waals surface area contributed by atoms with E-state index in [0.29, 0.717) is 30.3 Å². The summed E-state index contributed by atoms with van der Waals surface area (Å²) < 4.78 is 52.2. The van der Waals surface area contributed by atoms with Crippen LogP contribution in [0.1, 0.15) is 65.9 Å². The van der Waals surface area contributed by atoms with Gasteiger partial charge in [-0.15, -0.1) is 11.7 Å². The van der Waals surface area contributed by atoms with Gasteiger partial charge >= 0.3 is 12.3 Å². The van der Waals surface area contributed by atoms with Crippen LogP contribution >= 0.6 is 0 Å². The van der Waals surface area contributed by atoms with E-state index in [0.717, 1.165) is 57.1 Å². The van der Waals surface area contributed by atoms with Crippen LogP contribution in [0.25, 0.3) is 16.9 Å². The van der Waals surface area contributed by atoms with E-state index in [1.807, 2.05) is 39.0 Å². The Balaban J connectivity index is 1.66. The molecule has 1 amide bonds. The highest BCUT2D eigenvalue weighted by molar-refractivity contribution is 5.73. The van der Waals surface area contributed by atoms with Crippen LogP contribution in [0.5, 0.6) is 5.88 Å². The van der Waals surface area contributed by atoms with Crippen molar-refractivity contribution >= 4 is 11.9 Å². The average molecular weight is 616 g/mol. The first-order valence-electron chi connectivity index (χ1n) is 14.8. The number of carbonyl (C=O) groups is 1. The first-order valence-corrected chi connectivity index (χ1v) is 14.8. The number of aromatic nitrogens is 3. The third-order valence-electron chi connectivity index (χ3n) is 6.95. The van der Waals surface area contributed by atoms with Crippen molar-refractivity contribution in [1.82, 2.24) is 19.7 Å². The van der Waals surface area contributed by atoms with Crippen molar-refractivity contribution in [3.05, 3.63) is 66.9 Å². The van der Waals surface area contributed by atoms with Gasteiger partial charge in [0.25, 0.3) is 0 Å². The van der Waals surface area contributed by atoms with Gasteiger partial charge in [0.15, 0.2) is 0 Å². The zero-order valence-electron chi connectivity index (χ0n) is 26.3. The molecular formula is C33H44F3N5O3. The van der Waals surface area contributed by atoms with E-state index in [1.165, 1.54) is 10.7 Å². The average Bonchev–Trinajstić information content (AvgIpc) is 3.41. The SMILES string of the molecule is C=CCN(CCCCCCc1ccccc1-c1nc(N)ccc1-n1ccc(OCC(C)(C)C(F)(F)F)n1)C(=O)OC(C)(C)C. The summed E-state index contributed by atoms with van der Waals surface area (Å²) in [6.45, 7) is 11.9. The molecule has 0 aliphatic rings. The molecule has 0 bridgehead atoms. The first kappa shape index (κ1) is 34.5. The third-order valence-corrected chi connectivity index (χ3v) is 6.95. The molecule has 8 nitrogen and oxygen atoms in total. The summed E-state index contributed by atoms with van der Waals surface area (Å²) in [7, 11) is 0. The second-order valence-corrected chi connectivity index (χ2v) is 12.4. The molecule has 240 valence electrons. The lowest BCUT2D eigenvalue weighted by molar-refractivity contribution is -0.219. The second kappa shape index (κ2) is 14.6. The molecule has 11 heteroatoms. The van der Waals surface area contributed by atoms with Gasteiger partial charge in [-0.2, -0.15) is 13.2 Å². The summed E-state index contributed by atoms with van der Waals surface area (Å²) in [6.07, 6.45) is 3.08. The molecule has 0 unspecified atom stereocenters. The number of alkyl halides is 3. The quantitative estimate of drug-likeness (QED) is 0.146. The molecule has 0 aliphatic heterocycles. The number of unbranched alkanes of at least 4 members (excludes halogenated alkanes) is 3. The number of hydrogen-bond acceptors (Lipinski definition) is 6. The van der Waals surface area contributed by atoms with Gasteiger partial charge in [-0.25, -0.2) is 14.5 Å². The first-order chi connectivity index (χ1) is 20.6. The summed E-state index contributed by atoms with van der Waals surface area (Å²) in [5.41, 5.74) is 6.73. The zero-order chi connectivity index (χ0) is 32.5. The van der Waals surface area contributed by atoms with Crippen molar-refractivity contribution < 1.29 is 27.4 Å². The number of nitrogen functional groups attached to an aromatic ring is 1. The van der Waals surface area contributed by atoms with Crippen molar-refractivity contribution in [1.29, 1.82) is 0 Å². The number of amides is 1. The monoisotopic (exact) mass is 615 g/mol. The number of pyridine rings is 1. The van der Waals surface area contributed by atoms with Crippen LogP contribution in [0, 0.1) is 5.41 Å². The summed E-state index contributed by atoms with van der Waals surface area (Å²) in [4.78, 5) is 18.8. The lowest BCUT2D eigenvalue weighted by Crippen LogP contribution is -2.37. The Labute approximate surface area is 258 Å². The molecule has 2 aromatic heterocycles. The largest absolute Gasteiger partial charge is 0.476 e. The van der Waals surface area contributed by atoms with Crippen LogP contribution in [0.3, 0.4) is 0 Å². The Kier molecular flexibility index (Phi) is 11.5. The zero-order valence-corrected chi connectivity index (χ0v) is 26.3. The van der Waals surface area contributed by atoms with E-state index >= 15 is 0 Å². The van der Waals surface area contributed by atoms with Crippen molar-refractivity contribution in [2.24, 2.45) is 5.41 Å². The minimum Gasteiger partial charge on any atom is -0.476 e. The highest BCUT2D eigenvalue weighted by Gasteiger charge is 2.48. The number of aryl methyl sites for hydroxylation is 1. The normalized spacial score (nSPS) is 12.2. The Morgan fingerprint density at radius 1 is 1.02 bits per heavy atom. The minimum atomic E-state index is -4.40. The number of ether oxygens (including phenoxy) is 2. The van der Waals surface area contributed by atoms with Crippen molar-refractivity contribution in [2.75, 3.05) is 25.4 Å². The Hall–Kier alpha value is -4.02. The second-order valence-electron chi connectivity index (χ2n) is 12.4. The van der Waals surface area contributed by atoms with E-state index < -0.39 is 23.8 Å². The topological polar surface area (TPSA) is 95.5 Å². The van der Waals surface area contributed by atoms with Crippen molar-refractivity contribution in [3.8, 4) is 22.8 Å². The number of rotatable bonds is 14. The molecule has 0 radical (unpaired) electrons. The predicted molar refractivity (Wildman–Crippen MR) is 167 cm³/mol. The van der Waals surface area contributed by atoms with Gasteiger partial charge in [0, 0.05) is 30.9 Å². The van der Waals surface area contributed by atoms with Gasteiger partial charge in [0.05, 0.1) is 16.8 Å². The van der Waals surface area contributed by atoms with Crippen molar-refractivity contribution in [2.45, 2.75) is 78.5 Å². The van der Waals surface area contributed by atoms with E-state index in [4.69, 9.17) is 15.2 Å². The maximum absolute atomic E-state index is 13.3. The molecular weight excluding hydrogens is 571 g/mol. The van der Waals surface area contributed by atoms with Gasteiger partial charge in [0.2, 0.25) is 5.88 Å². The fraction of sp³-hybridized carbons (Fsp3) is 0.485. The van der Waals surface area contributed by atoms with E-state index in [9.17, 15) is 18.0 Å². The molecule has 44 heavy (non-hydrogen) atoms. The molecule has 3 rings (SSSR count). The maximum atomic E-state index is 13.3. The van der Waals surface area contributed by atoms with Gasteiger partial charge in [-0.1, -0.05) is 43.2 Å². The van der Waals surface area contributed by atoms with Crippen LogP contribution < -0.4 is 10.5 Å². The lowest BCUT2D eigenvalue weighted by atomic mass is 9.94. The molecule has 2 N–H and O–H groups in total. The van der Waals surface area contributed by atoms with Crippen LogP contribution in [0.4, 0.5) is 23.8 Å². The third kappa shape index (κ3) is 9.75. The molecule has 2 heterocycles. The molecule has 0 saturated heterocycles. The fourth-order valence-corrected chi connectivity index (χ4v) is 4.38. The van der Waals surface area contributed by atoms with Crippen LogP contribution in [-0.4, -0.2) is 57.2 Å². The molecule has 0 fully saturated rings. The summed E-state index contributed by atoms with van der Waals surface area (Å²) in [5, 5.41) is 4.37. The molecule has 0 atom stereocenters. The lowest BCUT2D eigenvalue weighted by Gasteiger charge is -2.26. The summed E-state index contributed by atoms with van der Waals surface area (Å²) in [6, 6.07) is 12.9. The Morgan fingerprint density at radius 3 is 2.41 bits per heavy atom. The summed E-state index contributed by atoms with van der Waals surface area (Å²) in [5.74, 6) is 0.417. The predicted octanol–water partition coefficient (Wildman–Crippen LogP) is 8.01. The van der Waals surface area contributed by atoms with E-state index in [1.54, 1.807) is 29.3 Å². The minimum absolute atomic E-state index is 0.0803. The van der Waals surface area contributed by atoms with Crippen molar-refractivity contribution in [3.63, 3.8) is 0 Å². The summed E-state index contributed by atoms with van der Waals surface area (Å²) >= 11 is 0. The molecule has 3 aromatic rings. The standard InChI is InChI=1S/C33H44F3N5O3/c1-7-20-40(30(42)44-31(2,3)4)21-13-9-8-10-14-24-15-11-12-16-25(24)29-26(17-18-27(37)38-29)41-22-19-28(39-41)43-23-32(5,6)33(34,35)36/h7,11-12,15-19,22H,1,8-10,13-14,20-21,23H2,2-6H3,(H2,37,38). The molecule has 0 spiro atoms. The highest BCUT2D eigenvalue weighted by atomic mass is 19.4. The van der Waals surface area contributed by atoms with Gasteiger partial charge < -0.3 is 20.1 Å². The number of benzene rings is 1. The Morgan fingerprint density at radius 2 is 1.73 bits per heavy atom.